The first-order chi connectivity index (χ1) is 12.5. The van der Waals surface area contributed by atoms with Crippen molar-refractivity contribution in [3.05, 3.63) is 53.3 Å². The second-order valence-corrected chi connectivity index (χ2v) is 8.02. The zero-order valence-corrected chi connectivity index (χ0v) is 16.4. The van der Waals surface area contributed by atoms with E-state index in [0.29, 0.717) is 17.8 Å². The number of aryl methyl sites for hydroxylation is 2. The molecule has 1 aliphatic rings. The average molecular weight is 348 g/mol. The van der Waals surface area contributed by atoms with Crippen molar-refractivity contribution in [1.29, 1.82) is 0 Å². The van der Waals surface area contributed by atoms with Crippen molar-refractivity contribution in [3.63, 3.8) is 0 Å². The van der Waals surface area contributed by atoms with Crippen molar-refractivity contribution < 1.29 is 0 Å². The van der Waals surface area contributed by atoms with Crippen LogP contribution in [0.15, 0.2) is 36.4 Å². The van der Waals surface area contributed by atoms with Crippen molar-refractivity contribution in [2.24, 2.45) is 13.0 Å². The smallest absolute Gasteiger partial charge is 0.116 e. The third-order valence-corrected chi connectivity index (χ3v) is 5.82. The summed E-state index contributed by atoms with van der Waals surface area (Å²) in [5.74, 6) is 1.75. The lowest BCUT2D eigenvalue weighted by Crippen LogP contribution is -2.19. The number of hydrogen-bond donors (Lipinski definition) is 0. The zero-order chi connectivity index (χ0) is 18.4. The number of rotatable bonds is 3. The van der Waals surface area contributed by atoms with Gasteiger partial charge in [0.1, 0.15) is 11.4 Å². The zero-order valence-electron chi connectivity index (χ0n) is 16.4. The minimum atomic E-state index is 0.533. The Morgan fingerprint density at radius 3 is 2.50 bits per heavy atom. The van der Waals surface area contributed by atoms with Gasteiger partial charge in [0.05, 0.1) is 5.69 Å². The van der Waals surface area contributed by atoms with Gasteiger partial charge in [0.25, 0.3) is 0 Å². The fourth-order valence-corrected chi connectivity index (χ4v) is 4.45. The maximum absolute atomic E-state index is 4.93. The molecule has 2 heterocycles. The van der Waals surface area contributed by atoms with Gasteiger partial charge in [0.15, 0.2) is 0 Å². The Morgan fingerprint density at radius 1 is 1.08 bits per heavy atom. The summed E-state index contributed by atoms with van der Waals surface area (Å²) in [5, 5.41) is 9.85. The summed E-state index contributed by atoms with van der Waals surface area (Å²) in [6, 6.07) is 12.5. The lowest BCUT2D eigenvalue weighted by Gasteiger charge is -2.30. The summed E-state index contributed by atoms with van der Waals surface area (Å²) in [6.07, 6.45) is 2.48. The molecule has 0 unspecified atom stereocenters. The van der Waals surface area contributed by atoms with E-state index < -0.39 is 0 Å². The quantitative estimate of drug-likeness (QED) is 0.650. The van der Waals surface area contributed by atoms with Gasteiger partial charge in [-0.25, -0.2) is 4.68 Å². The van der Waals surface area contributed by atoms with Crippen LogP contribution >= 0.6 is 0 Å². The molecule has 0 fully saturated rings. The Bertz CT molecular complexity index is 917. The van der Waals surface area contributed by atoms with E-state index >= 15 is 0 Å². The molecule has 26 heavy (non-hydrogen) atoms. The number of fused-ring (bicyclic) bond motifs is 1. The molecule has 1 aromatic carbocycles. The minimum absolute atomic E-state index is 0.533. The van der Waals surface area contributed by atoms with Gasteiger partial charge >= 0.3 is 0 Å². The van der Waals surface area contributed by atoms with E-state index in [1.54, 1.807) is 0 Å². The molecule has 2 atom stereocenters. The standard InChI is InChI=1S/C22H28N4/c1-14(2)18-12-11-15(3)20-21(24-25(5)22(18)20)19-13-16(4)26(23-19)17-9-7-6-8-10-17/h6-10,13-15,18H,11-12H2,1-5H3/t15-,18+/m1/s1. The molecule has 0 saturated heterocycles. The minimum Gasteiger partial charge on any atom is -0.271 e. The number of hydrogen-bond acceptors (Lipinski definition) is 2. The van der Waals surface area contributed by atoms with Crippen molar-refractivity contribution in [2.45, 2.75) is 52.4 Å². The summed E-state index contributed by atoms with van der Waals surface area (Å²) < 4.78 is 4.13. The molecule has 0 N–H and O–H groups in total. The lowest BCUT2D eigenvalue weighted by atomic mass is 9.75. The summed E-state index contributed by atoms with van der Waals surface area (Å²) in [6.45, 7) is 9.09. The van der Waals surface area contributed by atoms with Crippen LogP contribution in [-0.4, -0.2) is 19.6 Å². The largest absolute Gasteiger partial charge is 0.271 e. The Balaban J connectivity index is 1.84. The third kappa shape index (κ3) is 2.68. The van der Waals surface area contributed by atoms with E-state index in [-0.39, 0.29) is 0 Å². The molecular weight excluding hydrogens is 320 g/mol. The number of nitrogens with zero attached hydrogens (tertiary/aromatic N) is 4. The van der Waals surface area contributed by atoms with Gasteiger partial charge in [0, 0.05) is 29.9 Å². The third-order valence-electron chi connectivity index (χ3n) is 5.82. The highest BCUT2D eigenvalue weighted by atomic mass is 15.3. The Morgan fingerprint density at radius 2 is 1.81 bits per heavy atom. The Hall–Kier alpha value is -2.36. The van der Waals surface area contributed by atoms with Crippen LogP contribution in [-0.2, 0) is 7.05 Å². The molecule has 4 nitrogen and oxygen atoms in total. The molecule has 0 radical (unpaired) electrons. The van der Waals surface area contributed by atoms with Crippen LogP contribution < -0.4 is 0 Å². The molecular formula is C22H28N4. The monoisotopic (exact) mass is 348 g/mol. The number of aromatic nitrogens is 4. The van der Waals surface area contributed by atoms with Gasteiger partial charge in [-0.1, -0.05) is 39.0 Å². The molecule has 2 aromatic heterocycles. The first-order valence-electron chi connectivity index (χ1n) is 9.66. The van der Waals surface area contributed by atoms with Gasteiger partial charge in [-0.15, -0.1) is 0 Å². The maximum Gasteiger partial charge on any atom is 0.116 e. The van der Waals surface area contributed by atoms with E-state index in [4.69, 9.17) is 10.2 Å². The number of benzene rings is 1. The van der Waals surface area contributed by atoms with Crippen molar-refractivity contribution in [2.75, 3.05) is 0 Å². The van der Waals surface area contributed by atoms with Crippen molar-refractivity contribution in [1.82, 2.24) is 19.6 Å². The van der Waals surface area contributed by atoms with E-state index in [1.165, 1.54) is 24.1 Å². The van der Waals surface area contributed by atoms with E-state index in [2.05, 4.69) is 57.6 Å². The highest BCUT2D eigenvalue weighted by Crippen LogP contribution is 2.45. The van der Waals surface area contributed by atoms with E-state index in [1.807, 2.05) is 22.9 Å². The summed E-state index contributed by atoms with van der Waals surface area (Å²) >= 11 is 0. The predicted molar refractivity (Wildman–Crippen MR) is 106 cm³/mol. The van der Waals surface area contributed by atoms with E-state index in [9.17, 15) is 0 Å². The van der Waals surface area contributed by atoms with Gasteiger partial charge in [-0.2, -0.15) is 10.2 Å². The molecule has 4 rings (SSSR count). The van der Waals surface area contributed by atoms with Gasteiger partial charge in [-0.05, 0) is 49.8 Å². The van der Waals surface area contributed by atoms with Crippen LogP contribution in [0.1, 0.15) is 62.4 Å². The summed E-state index contributed by atoms with van der Waals surface area (Å²) in [5.41, 5.74) is 7.11. The maximum atomic E-state index is 4.93. The van der Waals surface area contributed by atoms with Crippen LogP contribution in [0.25, 0.3) is 17.1 Å². The average Bonchev–Trinajstić information content (AvgIpc) is 3.17. The molecule has 0 spiro atoms. The second kappa shape index (κ2) is 6.42. The van der Waals surface area contributed by atoms with E-state index in [0.717, 1.165) is 22.8 Å². The summed E-state index contributed by atoms with van der Waals surface area (Å²) in [7, 11) is 2.09. The fourth-order valence-electron chi connectivity index (χ4n) is 4.45. The lowest BCUT2D eigenvalue weighted by molar-refractivity contribution is 0.390. The second-order valence-electron chi connectivity index (χ2n) is 8.02. The van der Waals surface area contributed by atoms with Crippen LogP contribution in [0.4, 0.5) is 0 Å². The van der Waals surface area contributed by atoms with Crippen LogP contribution in [0, 0.1) is 12.8 Å². The van der Waals surface area contributed by atoms with Crippen molar-refractivity contribution >= 4 is 0 Å². The molecule has 0 bridgehead atoms. The molecule has 3 aromatic rings. The van der Waals surface area contributed by atoms with Crippen molar-refractivity contribution in [3.8, 4) is 17.1 Å². The number of para-hydroxylation sites is 1. The van der Waals surface area contributed by atoms with Gasteiger partial charge in [-0.3, -0.25) is 4.68 Å². The highest BCUT2D eigenvalue weighted by Gasteiger charge is 2.34. The molecule has 4 heteroatoms. The van der Waals surface area contributed by atoms with Gasteiger partial charge < -0.3 is 0 Å². The highest BCUT2D eigenvalue weighted by molar-refractivity contribution is 5.63. The predicted octanol–water partition coefficient (Wildman–Crippen LogP) is 5.22. The Kier molecular flexibility index (Phi) is 4.22. The fraction of sp³-hybridized carbons (Fsp3) is 0.455. The van der Waals surface area contributed by atoms with Crippen LogP contribution in [0.2, 0.25) is 0 Å². The van der Waals surface area contributed by atoms with Crippen LogP contribution in [0.5, 0.6) is 0 Å². The molecule has 0 saturated carbocycles. The first-order valence-corrected chi connectivity index (χ1v) is 9.66. The Labute approximate surface area is 155 Å². The molecule has 1 aliphatic carbocycles. The topological polar surface area (TPSA) is 35.6 Å². The molecule has 0 aliphatic heterocycles. The molecule has 0 amide bonds. The SMILES string of the molecule is Cc1cc(-c2nn(C)c3c2[C@H](C)CC[C@H]3C(C)C)nn1-c1ccccc1. The normalized spacial score (nSPS) is 19.8. The van der Waals surface area contributed by atoms with Crippen LogP contribution in [0.3, 0.4) is 0 Å². The summed E-state index contributed by atoms with van der Waals surface area (Å²) in [4.78, 5) is 0. The van der Waals surface area contributed by atoms with Gasteiger partial charge in [0.2, 0.25) is 0 Å². The first kappa shape index (κ1) is 17.1. The molecule has 136 valence electrons.